The summed E-state index contributed by atoms with van der Waals surface area (Å²) in [5, 5.41) is 18.6. The molecule has 2 saturated heterocycles. The fraction of sp³-hybridized carbons (Fsp3) is 0.385. The summed E-state index contributed by atoms with van der Waals surface area (Å²) in [6.45, 7) is 7.35. The second kappa shape index (κ2) is 10.2. The zero-order chi connectivity index (χ0) is 24.2. The van der Waals surface area contributed by atoms with Gasteiger partial charge in [-0.15, -0.1) is 10.2 Å². The Morgan fingerprint density at radius 2 is 1.89 bits per heavy atom. The molecule has 35 heavy (non-hydrogen) atoms. The van der Waals surface area contributed by atoms with Crippen molar-refractivity contribution < 1.29 is 5.11 Å². The summed E-state index contributed by atoms with van der Waals surface area (Å²) in [7, 11) is 0. The van der Waals surface area contributed by atoms with E-state index in [2.05, 4.69) is 48.6 Å². The first kappa shape index (κ1) is 22.9. The van der Waals surface area contributed by atoms with Crippen LogP contribution in [0.25, 0.3) is 11.3 Å². The number of benzene rings is 1. The lowest BCUT2D eigenvalue weighted by Gasteiger charge is -2.36. The lowest BCUT2D eigenvalue weighted by molar-refractivity contribution is 0.124. The lowest BCUT2D eigenvalue weighted by Crippen LogP contribution is -2.45. The number of aromatic nitrogens is 4. The molecule has 9 heteroatoms. The number of anilines is 3. The highest BCUT2D eigenvalue weighted by atomic mass is 16.3. The van der Waals surface area contributed by atoms with Gasteiger partial charge >= 0.3 is 0 Å². The Kier molecular flexibility index (Phi) is 6.64. The van der Waals surface area contributed by atoms with Crippen LogP contribution in [0.2, 0.25) is 0 Å². The third-order valence-corrected chi connectivity index (χ3v) is 6.72. The largest absolute Gasteiger partial charge is 0.507 e. The van der Waals surface area contributed by atoms with Crippen molar-refractivity contribution in [3.05, 3.63) is 48.4 Å². The van der Waals surface area contributed by atoms with E-state index in [4.69, 9.17) is 10.7 Å². The molecule has 180 valence electrons. The van der Waals surface area contributed by atoms with Gasteiger partial charge in [-0.3, -0.25) is 4.90 Å². The van der Waals surface area contributed by atoms with Crippen LogP contribution in [0.4, 0.5) is 17.3 Å². The standard InChI is InChI=1S/C26H30N8O/c1-19-10-15-32(19)12-4-8-24-28-11-9-25(29-24)34-14-5-13-33(16-17-34)22-18-21(30-31-26(22)27)20-6-2-3-7-23(20)35/h2-3,6-7,9,11,18-19,35H,5,10,12-17H2,1H3,(H2,27,31). The van der Waals surface area contributed by atoms with Crippen molar-refractivity contribution in [2.75, 3.05) is 54.8 Å². The molecule has 0 aliphatic carbocycles. The van der Waals surface area contributed by atoms with E-state index >= 15 is 0 Å². The molecule has 4 heterocycles. The van der Waals surface area contributed by atoms with E-state index in [1.54, 1.807) is 18.3 Å². The summed E-state index contributed by atoms with van der Waals surface area (Å²) < 4.78 is 0. The van der Waals surface area contributed by atoms with Gasteiger partial charge in [0.15, 0.2) is 5.82 Å². The average molecular weight is 471 g/mol. The van der Waals surface area contributed by atoms with Gasteiger partial charge in [-0.1, -0.05) is 18.1 Å². The van der Waals surface area contributed by atoms with Crippen LogP contribution in [0.3, 0.4) is 0 Å². The van der Waals surface area contributed by atoms with Gasteiger partial charge in [0.1, 0.15) is 11.6 Å². The number of nitrogen functional groups attached to an aromatic ring is 1. The molecule has 0 bridgehead atoms. The number of aromatic hydroxyl groups is 1. The summed E-state index contributed by atoms with van der Waals surface area (Å²) in [6.07, 6.45) is 3.97. The van der Waals surface area contributed by atoms with E-state index in [1.807, 2.05) is 24.3 Å². The molecule has 0 amide bonds. The first-order valence-electron chi connectivity index (χ1n) is 12.1. The van der Waals surface area contributed by atoms with Gasteiger partial charge in [0.2, 0.25) is 5.82 Å². The molecule has 0 spiro atoms. The molecule has 0 saturated carbocycles. The molecule has 2 aromatic heterocycles. The highest BCUT2D eigenvalue weighted by Crippen LogP contribution is 2.31. The minimum absolute atomic E-state index is 0.168. The number of nitrogens with two attached hydrogens (primary N) is 1. The Hall–Kier alpha value is -3.90. The van der Waals surface area contributed by atoms with Gasteiger partial charge in [-0.25, -0.2) is 9.97 Å². The highest BCUT2D eigenvalue weighted by Gasteiger charge is 2.22. The van der Waals surface area contributed by atoms with Gasteiger partial charge in [0, 0.05) is 50.5 Å². The van der Waals surface area contributed by atoms with Crippen molar-refractivity contribution in [2.45, 2.75) is 25.8 Å². The number of phenolic OH excluding ortho intramolecular Hbond substituents is 1. The lowest BCUT2D eigenvalue weighted by atomic mass is 10.1. The average Bonchev–Trinajstić information content (AvgIpc) is 3.13. The molecule has 1 aromatic carbocycles. The first-order valence-corrected chi connectivity index (χ1v) is 12.1. The monoisotopic (exact) mass is 470 g/mol. The maximum Gasteiger partial charge on any atom is 0.206 e. The molecular weight excluding hydrogens is 440 g/mol. The van der Waals surface area contributed by atoms with Crippen LogP contribution in [0, 0.1) is 11.8 Å². The van der Waals surface area contributed by atoms with E-state index in [9.17, 15) is 5.11 Å². The Bertz CT molecular complexity index is 1250. The summed E-state index contributed by atoms with van der Waals surface area (Å²) in [6, 6.07) is 11.6. The fourth-order valence-corrected chi connectivity index (χ4v) is 4.46. The number of rotatable bonds is 4. The second-order valence-electron chi connectivity index (χ2n) is 8.99. The van der Waals surface area contributed by atoms with E-state index in [-0.39, 0.29) is 5.75 Å². The van der Waals surface area contributed by atoms with Crippen LogP contribution in [-0.2, 0) is 0 Å². The van der Waals surface area contributed by atoms with Crippen molar-refractivity contribution in [3.63, 3.8) is 0 Å². The normalized spacial score (nSPS) is 18.4. The van der Waals surface area contributed by atoms with E-state index in [1.165, 1.54) is 6.42 Å². The number of nitrogens with zero attached hydrogens (tertiary/aromatic N) is 7. The first-order chi connectivity index (χ1) is 17.1. The zero-order valence-corrected chi connectivity index (χ0v) is 19.9. The minimum Gasteiger partial charge on any atom is -0.507 e. The molecule has 0 radical (unpaired) electrons. The molecule has 1 unspecified atom stereocenters. The van der Waals surface area contributed by atoms with Crippen molar-refractivity contribution in [1.82, 2.24) is 25.1 Å². The molecule has 3 N–H and O–H groups in total. The molecule has 3 aromatic rings. The number of para-hydroxylation sites is 1. The van der Waals surface area contributed by atoms with Crippen molar-refractivity contribution in [2.24, 2.45) is 0 Å². The zero-order valence-electron chi connectivity index (χ0n) is 19.9. The van der Waals surface area contributed by atoms with E-state index in [0.29, 0.717) is 28.9 Å². The third kappa shape index (κ3) is 5.12. The van der Waals surface area contributed by atoms with Gasteiger partial charge < -0.3 is 20.6 Å². The number of phenols is 1. The highest BCUT2D eigenvalue weighted by molar-refractivity contribution is 5.74. The number of hydrogen-bond acceptors (Lipinski definition) is 9. The maximum absolute atomic E-state index is 10.2. The Morgan fingerprint density at radius 1 is 1.06 bits per heavy atom. The summed E-state index contributed by atoms with van der Waals surface area (Å²) in [5.41, 5.74) is 8.27. The van der Waals surface area contributed by atoms with E-state index < -0.39 is 0 Å². The minimum atomic E-state index is 0.168. The fourth-order valence-electron chi connectivity index (χ4n) is 4.46. The number of likely N-dealkylation sites (tertiary alicyclic amines) is 1. The Morgan fingerprint density at radius 3 is 2.69 bits per heavy atom. The van der Waals surface area contributed by atoms with Crippen LogP contribution in [0.5, 0.6) is 5.75 Å². The van der Waals surface area contributed by atoms with Crippen molar-refractivity contribution >= 4 is 17.3 Å². The van der Waals surface area contributed by atoms with Gasteiger partial charge in [0.05, 0.1) is 17.9 Å². The molecule has 2 aliphatic rings. The SMILES string of the molecule is CC1CCN1CC#Cc1nccc(N2CCCN(c3cc(-c4ccccc4O)nnc3N)CC2)n1. The predicted octanol–water partition coefficient (Wildman–Crippen LogP) is 2.38. The Balaban J connectivity index is 1.28. The summed E-state index contributed by atoms with van der Waals surface area (Å²) in [5.74, 6) is 8.34. The van der Waals surface area contributed by atoms with Crippen LogP contribution < -0.4 is 15.5 Å². The van der Waals surface area contributed by atoms with Crippen LogP contribution >= 0.6 is 0 Å². The quantitative estimate of drug-likeness (QED) is 0.556. The second-order valence-corrected chi connectivity index (χ2v) is 8.99. The Labute approximate surface area is 205 Å². The topological polar surface area (TPSA) is 108 Å². The molecule has 9 nitrogen and oxygen atoms in total. The molecular formula is C26H30N8O. The maximum atomic E-state index is 10.2. The van der Waals surface area contributed by atoms with Gasteiger partial charge in [-0.05, 0) is 50.0 Å². The van der Waals surface area contributed by atoms with Gasteiger partial charge in [-0.2, -0.15) is 0 Å². The number of hydrogen-bond donors (Lipinski definition) is 2. The molecule has 5 rings (SSSR count). The predicted molar refractivity (Wildman–Crippen MR) is 137 cm³/mol. The van der Waals surface area contributed by atoms with Crippen LogP contribution in [0.15, 0.2) is 42.6 Å². The van der Waals surface area contributed by atoms with Crippen LogP contribution in [-0.4, -0.2) is 75.5 Å². The van der Waals surface area contributed by atoms with Gasteiger partial charge in [0.25, 0.3) is 0 Å². The molecule has 2 aliphatic heterocycles. The van der Waals surface area contributed by atoms with Crippen LogP contribution in [0.1, 0.15) is 25.6 Å². The molecule has 2 fully saturated rings. The van der Waals surface area contributed by atoms with Crippen molar-refractivity contribution in [3.8, 4) is 28.8 Å². The van der Waals surface area contributed by atoms with E-state index in [0.717, 1.165) is 57.2 Å². The smallest absolute Gasteiger partial charge is 0.206 e. The van der Waals surface area contributed by atoms with Crippen molar-refractivity contribution in [1.29, 1.82) is 0 Å². The summed E-state index contributed by atoms with van der Waals surface area (Å²) in [4.78, 5) is 15.9. The molecule has 1 atom stereocenters. The summed E-state index contributed by atoms with van der Waals surface area (Å²) >= 11 is 0. The third-order valence-electron chi connectivity index (χ3n) is 6.72.